The number of rotatable bonds is 4. The molecule has 1 N–H and O–H groups in total. The summed E-state index contributed by atoms with van der Waals surface area (Å²) in [5.41, 5.74) is -0.0572. The molecule has 0 unspecified atom stereocenters. The number of anilines is 1. The molecule has 1 aromatic carbocycles. The van der Waals surface area contributed by atoms with Gasteiger partial charge >= 0.3 is 6.18 Å². The summed E-state index contributed by atoms with van der Waals surface area (Å²) < 4.78 is 38.9. The lowest BCUT2D eigenvalue weighted by atomic mass is 10.1. The predicted molar refractivity (Wildman–Crippen MR) is 118 cm³/mol. The number of aliphatic imine (C=N–C) groups is 1. The van der Waals surface area contributed by atoms with Gasteiger partial charge in [0.25, 0.3) is 0 Å². The van der Waals surface area contributed by atoms with Crippen molar-refractivity contribution >= 4 is 41.5 Å². The molecule has 0 atom stereocenters. The molecule has 162 valence electrons. The number of nitrogens with one attached hydrogen (secondary N) is 1. The number of piperazine rings is 1. The van der Waals surface area contributed by atoms with E-state index in [-0.39, 0.29) is 36.4 Å². The SMILES string of the molecule is CN(C)C(=O)CN=C(NC1CC1)N1CCN(c2cccc(C(F)(F)F)c2)CC1.I. The number of alkyl halides is 3. The summed E-state index contributed by atoms with van der Waals surface area (Å²) in [7, 11) is 3.39. The first-order valence-corrected chi connectivity index (χ1v) is 9.42. The molecule has 1 amide bonds. The summed E-state index contributed by atoms with van der Waals surface area (Å²) in [6.45, 7) is 2.52. The Morgan fingerprint density at radius 1 is 1.21 bits per heavy atom. The van der Waals surface area contributed by atoms with E-state index in [1.54, 1.807) is 20.2 Å². The number of hydrogen-bond acceptors (Lipinski definition) is 3. The smallest absolute Gasteiger partial charge is 0.368 e. The van der Waals surface area contributed by atoms with Crippen LogP contribution in [0.4, 0.5) is 18.9 Å². The molecule has 1 saturated carbocycles. The molecule has 1 saturated heterocycles. The van der Waals surface area contributed by atoms with Gasteiger partial charge in [0.05, 0.1) is 5.56 Å². The van der Waals surface area contributed by atoms with Crippen LogP contribution in [0.3, 0.4) is 0 Å². The molecule has 2 aliphatic rings. The fourth-order valence-electron chi connectivity index (χ4n) is 2.99. The molecule has 0 spiro atoms. The minimum atomic E-state index is -4.34. The zero-order valence-corrected chi connectivity index (χ0v) is 18.9. The zero-order chi connectivity index (χ0) is 20.3. The van der Waals surface area contributed by atoms with E-state index in [0.29, 0.717) is 43.9 Å². The van der Waals surface area contributed by atoms with Gasteiger partial charge in [-0.05, 0) is 31.0 Å². The van der Waals surface area contributed by atoms with Crippen LogP contribution in [-0.4, -0.2) is 74.5 Å². The quantitative estimate of drug-likeness (QED) is 0.373. The summed E-state index contributed by atoms with van der Waals surface area (Å²) >= 11 is 0. The molecule has 0 radical (unpaired) electrons. The number of halogens is 4. The van der Waals surface area contributed by atoms with E-state index in [0.717, 1.165) is 18.9 Å². The van der Waals surface area contributed by atoms with E-state index in [1.807, 2.05) is 4.90 Å². The number of carbonyl (C=O) groups excluding carboxylic acids is 1. The van der Waals surface area contributed by atoms with Crippen LogP contribution in [-0.2, 0) is 11.0 Å². The first-order chi connectivity index (χ1) is 13.2. The van der Waals surface area contributed by atoms with E-state index in [1.165, 1.54) is 17.0 Å². The highest BCUT2D eigenvalue weighted by atomic mass is 127. The summed E-state index contributed by atoms with van der Waals surface area (Å²) in [5, 5.41) is 3.38. The second kappa shape index (κ2) is 9.86. The van der Waals surface area contributed by atoms with Crippen molar-refractivity contribution in [2.45, 2.75) is 25.1 Å². The molecule has 1 aliphatic heterocycles. The number of benzene rings is 1. The second-order valence-corrected chi connectivity index (χ2v) is 7.37. The van der Waals surface area contributed by atoms with Crippen LogP contribution in [0.5, 0.6) is 0 Å². The molecular weight excluding hydrogens is 498 g/mol. The molecule has 29 heavy (non-hydrogen) atoms. The number of hydrogen-bond donors (Lipinski definition) is 1. The van der Waals surface area contributed by atoms with Crippen LogP contribution >= 0.6 is 24.0 Å². The Bertz CT molecular complexity index is 729. The highest BCUT2D eigenvalue weighted by Crippen LogP contribution is 2.32. The Morgan fingerprint density at radius 2 is 1.86 bits per heavy atom. The highest BCUT2D eigenvalue weighted by molar-refractivity contribution is 14.0. The molecule has 0 aromatic heterocycles. The van der Waals surface area contributed by atoms with Gasteiger partial charge in [-0.3, -0.25) is 4.79 Å². The summed E-state index contributed by atoms with van der Waals surface area (Å²) in [5.74, 6) is 0.638. The Morgan fingerprint density at radius 3 is 2.41 bits per heavy atom. The monoisotopic (exact) mass is 525 g/mol. The predicted octanol–water partition coefficient (Wildman–Crippen LogP) is 2.64. The van der Waals surface area contributed by atoms with E-state index >= 15 is 0 Å². The van der Waals surface area contributed by atoms with Gasteiger partial charge in [0, 0.05) is 52.0 Å². The summed E-state index contributed by atoms with van der Waals surface area (Å²) in [6, 6.07) is 5.83. The Hall–Kier alpha value is -1.72. The van der Waals surface area contributed by atoms with Gasteiger partial charge in [0.1, 0.15) is 6.54 Å². The topological polar surface area (TPSA) is 51.2 Å². The van der Waals surface area contributed by atoms with Crippen LogP contribution in [0.25, 0.3) is 0 Å². The van der Waals surface area contributed by atoms with Crippen molar-refractivity contribution in [1.29, 1.82) is 0 Å². The molecule has 3 rings (SSSR count). The van der Waals surface area contributed by atoms with Crippen molar-refractivity contribution in [2.24, 2.45) is 4.99 Å². The van der Waals surface area contributed by atoms with Crippen molar-refractivity contribution in [2.75, 3.05) is 51.7 Å². The summed E-state index contributed by atoms with van der Waals surface area (Å²) in [6.07, 6.45) is -2.17. The lowest BCUT2D eigenvalue weighted by Crippen LogP contribution is -2.53. The minimum Gasteiger partial charge on any atom is -0.368 e. The van der Waals surface area contributed by atoms with Gasteiger partial charge in [0.15, 0.2) is 5.96 Å². The minimum absolute atomic E-state index is 0. The van der Waals surface area contributed by atoms with Gasteiger partial charge < -0.3 is 20.0 Å². The van der Waals surface area contributed by atoms with Gasteiger partial charge in [-0.25, -0.2) is 4.99 Å². The van der Waals surface area contributed by atoms with E-state index < -0.39 is 11.7 Å². The highest BCUT2D eigenvalue weighted by Gasteiger charge is 2.31. The molecule has 1 aromatic rings. The molecular formula is C19H27F3IN5O. The van der Waals surface area contributed by atoms with Crippen molar-refractivity contribution in [3.05, 3.63) is 29.8 Å². The average Bonchev–Trinajstić information content (AvgIpc) is 3.48. The zero-order valence-electron chi connectivity index (χ0n) is 16.6. The Kier molecular flexibility index (Phi) is 8.01. The van der Waals surface area contributed by atoms with Crippen molar-refractivity contribution in [1.82, 2.24) is 15.1 Å². The van der Waals surface area contributed by atoms with Gasteiger partial charge in [-0.2, -0.15) is 13.2 Å². The number of guanidine groups is 1. The Balaban J connectivity index is 0.00000300. The number of amides is 1. The van der Waals surface area contributed by atoms with Gasteiger partial charge in [-0.15, -0.1) is 24.0 Å². The van der Waals surface area contributed by atoms with Crippen molar-refractivity contribution in [3.8, 4) is 0 Å². The third kappa shape index (κ3) is 6.65. The van der Waals surface area contributed by atoms with Crippen LogP contribution in [0, 0.1) is 0 Å². The molecule has 1 heterocycles. The fourth-order valence-corrected chi connectivity index (χ4v) is 2.99. The number of likely N-dealkylation sites (N-methyl/N-ethyl adjacent to an activating group) is 1. The van der Waals surface area contributed by atoms with Crippen LogP contribution in [0.15, 0.2) is 29.3 Å². The first kappa shape index (κ1) is 23.6. The molecule has 6 nitrogen and oxygen atoms in total. The van der Waals surface area contributed by atoms with E-state index in [4.69, 9.17) is 0 Å². The molecule has 0 bridgehead atoms. The normalized spacial score (nSPS) is 17.6. The number of nitrogens with zero attached hydrogens (tertiary/aromatic N) is 4. The van der Waals surface area contributed by atoms with E-state index in [9.17, 15) is 18.0 Å². The Labute approximate surface area is 186 Å². The average molecular weight is 525 g/mol. The van der Waals surface area contributed by atoms with Crippen LogP contribution in [0.2, 0.25) is 0 Å². The third-order valence-corrected chi connectivity index (χ3v) is 4.89. The second-order valence-electron chi connectivity index (χ2n) is 7.37. The third-order valence-electron chi connectivity index (χ3n) is 4.89. The number of carbonyl (C=O) groups is 1. The first-order valence-electron chi connectivity index (χ1n) is 9.42. The molecule has 10 heteroatoms. The van der Waals surface area contributed by atoms with Crippen LogP contribution in [0.1, 0.15) is 18.4 Å². The van der Waals surface area contributed by atoms with Crippen molar-refractivity contribution < 1.29 is 18.0 Å². The largest absolute Gasteiger partial charge is 0.416 e. The maximum absolute atomic E-state index is 13.0. The van der Waals surface area contributed by atoms with Gasteiger partial charge in [-0.1, -0.05) is 6.07 Å². The fraction of sp³-hybridized carbons (Fsp3) is 0.579. The van der Waals surface area contributed by atoms with Gasteiger partial charge in [0.2, 0.25) is 5.91 Å². The van der Waals surface area contributed by atoms with E-state index in [2.05, 4.69) is 15.2 Å². The lowest BCUT2D eigenvalue weighted by Gasteiger charge is -2.38. The summed E-state index contributed by atoms with van der Waals surface area (Å²) in [4.78, 5) is 21.8. The molecule has 2 fully saturated rings. The maximum Gasteiger partial charge on any atom is 0.416 e. The standard InChI is InChI=1S/C19H26F3N5O.HI/c1-25(2)17(28)13-23-18(24-15-6-7-15)27-10-8-26(9-11-27)16-5-3-4-14(12-16)19(20,21)22;/h3-5,12,15H,6-11,13H2,1-2H3,(H,23,24);1H. The molecule has 1 aliphatic carbocycles. The lowest BCUT2D eigenvalue weighted by molar-refractivity contribution is -0.137. The van der Waals surface area contributed by atoms with Crippen LogP contribution < -0.4 is 10.2 Å². The van der Waals surface area contributed by atoms with Crippen molar-refractivity contribution in [3.63, 3.8) is 0 Å². The maximum atomic E-state index is 13.0.